The van der Waals surface area contributed by atoms with Gasteiger partial charge in [0.25, 0.3) is 0 Å². The summed E-state index contributed by atoms with van der Waals surface area (Å²) in [5, 5.41) is 10.4. The predicted molar refractivity (Wildman–Crippen MR) is 56.2 cm³/mol. The molecule has 0 aromatic heterocycles. The Hall–Kier alpha value is -0.660. The van der Waals surface area contributed by atoms with E-state index in [1.807, 2.05) is 6.92 Å². The fourth-order valence-electron chi connectivity index (χ4n) is 1.85. The molecule has 16 heavy (non-hydrogen) atoms. The lowest BCUT2D eigenvalue weighted by molar-refractivity contribution is -0.898. The number of quaternary nitrogens is 1. The maximum atomic E-state index is 11.7. The topological polar surface area (TPSA) is 82.0 Å². The van der Waals surface area contributed by atoms with Gasteiger partial charge in [0.2, 0.25) is 10.0 Å². The maximum absolute atomic E-state index is 11.7. The summed E-state index contributed by atoms with van der Waals surface area (Å²) in [5.74, 6) is -0.914. The second kappa shape index (κ2) is 5.60. The van der Waals surface area contributed by atoms with Crippen LogP contribution in [0.2, 0.25) is 0 Å². The van der Waals surface area contributed by atoms with E-state index >= 15 is 0 Å². The van der Waals surface area contributed by atoms with E-state index in [0.717, 1.165) is 4.90 Å². The second-order valence-corrected chi connectivity index (χ2v) is 6.10. The number of carboxylic acid groups (broad SMARTS) is 1. The summed E-state index contributed by atoms with van der Waals surface area (Å²) < 4.78 is 24.9. The quantitative estimate of drug-likeness (QED) is 0.553. The molecule has 0 radical (unpaired) electrons. The van der Waals surface area contributed by atoms with Gasteiger partial charge in [-0.05, 0) is 6.42 Å². The van der Waals surface area contributed by atoms with Gasteiger partial charge < -0.3 is 14.8 Å². The number of piperazine rings is 1. The van der Waals surface area contributed by atoms with Crippen molar-refractivity contribution in [1.82, 2.24) is 4.31 Å². The summed E-state index contributed by atoms with van der Waals surface area (Å²) in [5.41, 5.74) is 0. The van der Waals surface area contributed by atoms with Crippen LogP contribution in [0, 0.1) is 0 Å². The zero-order valence-corrected chi connectivity index (χ0v) is 10.3. The molecule has 0 aromatic carbocycles. The number of nitrogens with one attached hydrogen (secondary N) is 1. The van der Waals surface area contributed by atoms with Crippen LogP contribution in [0.25, 0.3) is 0 Å². The van der Waals surface area contributed by atoms with E-state index in [2.05, 4.69) is 0 Å². The van der Waals surface area contributed by atoms with E-state index in [-0.39, 0.29) is 12.3 Å². The number of nitrogens with zero attached hydrogens (tertiary/aromatic N) is 1. The largest absolute Gasteiger partial charge is 0.544 e. The molecule has 0 bridgehead atoms. The maximum Gasteiger partial charge on any atom is 0.214 e. The third-order valence-electron chi connectivity index (χ3n) is 2.68. The van der Waals surface area contributed by atoms with Crippen LogP contribution in [0.5, 0.6) is 0 Å². The Morgan fingerprint density at radius 2 is 1.94 bits per heavy atom. The molecule has 1 rings (SSSR count). The van der Waals surface area contributed by atoms with E-state index in [9.17, 15) is 18.3 Å². The molecule has 0 unspecified atom stereocenters. The zero-order chi connectivity index (χ0) is 12.2. The molecule has 1 aliphatic rings. The summed E-state index contributed by atoms with van der Waals surface area (Å²) in [7, 11) is -3.13. The third-order valence-corrected chi connectivity index (χ3v) is 4.76. The minimum atomic E-state index is -3.13. The molecule has 1 fully saturated rings. The van der Waals surface area contributed by atoms with Gasteiger partial charge in [0, 0.05) is 0 Å². The number of hydrogen-bond acceptors (Lipinski definition) is 4. The van der Waals surface area contributed by atoms with Gasteiger partial charge in [-0.2, -0.15) is 4.31 Å². The normalized spacial score (nSPS) is 19.8. The Balaban J connectivity index is 2.46. The third kappa shape index (κ3) is 3.73. The van der Waals surface area contributed by atoms with Crippen LogP contribution in [-0.4, -0.2) is 57.2 Å². The van der Waals surface area contributed by atoms with Gasteiger partial charge in [0.05, 0.1) is 37.9 Å². The van der Waals surface area contributed by atoms with Crippen molar-refractivity contribution >= 4 is 16.0 Å². The summed E-state index contributed by atoms with van der Waals surface area (Å²) in [4.78, 5) is 11.3. The lowest BCUT2D eigenvalue weighted by Gasteiger charge is -2.31. The first-order chi connectivity index (χ1) is 7.45. The molecule has 0 saturated carbocycles. The van der Waals surface area contributed by atoms with Crippen LogP contribution in [0.1, 0.15) is 13.3 Å². The Kier molecular flexibility index (Phi) is 4.69. The van der Waals surface area contributed by atoms with E-state index in [1.165, 1.54) is 4.31 Å². The predicted octanol–water partition coefficient (Wildman–Crippen LogP) is -3.32. The highest BCUT2D eigenvalue weighted by Crippen LogP contribution is 2.02. The van der Waals surface area contributed by atoms with Gasteiger partial charge in [0.15, 0.2) is 0 Å². The lowest BCUT2D eigenvalue weighted by atomic mass is 10.3. The average Bonchev–Trinajstić information content (AvgIpc) is 2.17. The molecule has 6 nitrogen and oxygen atoms in total. The van der Waals surface area contributed by atoms with Gasteiger partial charge in [0.1, 0.15) is 6.54 Å². The molecule has 94 valence electrons. The molecule has 0 atom stereocenters. The SMILES string of the molecule is CCCS(=O)(=O)N1CC[NH+](CC(=O)[O-])CC1. The van der Waals surface area contributed by atoms with Crippen LogP contribution in [0.3, 0.4) is 0 Å². The van der Waals surface area contributed by atoms with Crippen molar-refractivity contribution in [2.45, 2.75) is 13.3 Å². The summed E-state index contributed by atoms with van der Waals surface area (Å²) in [6.07, 6.45) is 0.606. The summed E-state index contributed by atoms with van der Waals surface area (Å²) in [6, 6.07) is 0. The van der Waals surface area contributed by atoms with Gasteiger partial charge in [-0.1, -0.05) is 6.92 Å². The van der Waals surface area contributed by atoms with Crippen molar-refractivity contribution in [1.29, 1.82) is 0 Å². The van der Waals surface area contributed by atoms with E-state index in [1.54, 1.807) is 0 Å². The molecule has 1 heterocycles. The minimum absolute atomic E-state index is 0.0400. The molecule has 0 spiro atoms. The van der Waals surface area contributed by atoms with E-state index in [4.69, 9.17) is 0 Å². The molecule has 0 amide bonds. The average molecular weight is 250 g/mol. The minimum Gasteiger partial charge on any atom is -0.544 e. The van der Waals surface area contributed by atoms with E-state index in [0.29, 0.717) is 32.6 Å². The number of carbonyl (C=O) groups is 1. The fraction of sp³-hybridized carbons (Fsp3) is 0.889. The Labute approximate surface area is 95.9 Å². The number of aliphatic carboxylic acids is 1. The summed E-state index contributed by atoms with van der Waals surface area (Å²) >= 11 is 0. The molecule has 0 aromatic rings. The molecule has 1 aliphatic heterocycles. The van der Waals surface area contributed by atoms with Crippen molar-refractivity contribution < 1.29 is 23.2 Å². The van der Waals surface area contributed by atoms with Gasteiger partial charge >= 0.3 is 0 Å². The van der Waals surface area contributed by atoms with Crippen molar-refractivity contribution in [3.8, 4) is 0 Å². The number of hydrogen-bond donors (Lipinski definition) is 1. The van der Waals surface area contributed by atoms with E-state index < -0.39 is 16.0 Å². The van der Waals surface area contributed by atoms with Crippen LogP contribution in [0.15, 0.2) is 0 Å². The van der Waals surface area contributed by atoms with Crippen LogP contribution in [-0.2, 0) is 14.8 Å². The van der Waals surface area contributed by atoms with Crippen molar-refractivity contribution in [3.63, 3.8) is 0 Å². The molecule has 1 N–H and O–H groups in total. The van der Waals surface area contributed by atoms with Gasteiger partial charge in [-0.15, -0.1) is 0 Å². The highest BCUT2D eigenvalue weighted by atomic mass is 32.2. The van der Waals surface area contributed by atoms with Gasteiger partial charge in [-0.3, -0.25) is 0 Å². The highest BCUT2D eigenvalue weighted by molar-refractivity contribution is 7.89. The van der Waals surface area contributed by atoms with Crippen molar-refractivity contribution in [3.05, 3.63) is 0 Å². The molecular formula is C9H18N2O4S. The standard InChI is InChI=1S/C9H18N2O4S/c1-2-7-16(14,15)11-5-3-10(4-6-11)8-9(12)13/h2-8H2,1H3,(H,12,13). The Morgan fingerprint density at radius 3 is 2.38 bits per heavy atom. The molecule has 7 heteroatoms. The van der Waals surface area contributed by atoms with Crippen LogP contribution >= 0.6 is 0 Å². The Morgan fingerprint density at radius 1 is 1.38 bits per heavy atom. The number of sulfonamides is 1. The van der Waals surface area contributed by atoms with Crippen molar-refractivity contribution in [2.24, 2.45) is 0 Å². The molecule has 1 saturated heterocycles. The first-order valence-electron chi connectivity index (χ1n) is 5.47. The first kappa shape index (κ1) is 13.4. The second-order valence-electron chi connectivity index (χ2n) is 4.01. The Bertz CT molecular complexity index is 333. The lowest BCUT2D eigenvalue weighted by Crippen LogP contribution is -3.16. The zero-order valence-electron chi connectivity index (χ0n) is 9.44. The van der Waals surface area contributed by atoms with Crippen molar-refractivity contribution in [2.75, 3.05) is 38.5 Å². The monoisotopic (exact) mass is 250 g/mol. The fourth-order valence-corrected chi connectivity index (χ4v) is 3.36. The number of carboxylic acids is 1. The molecule has 0 aliphatic carbocycles. The van der Waals surface area contributed by atoms with Crippen LogP contribution < -0.4 is 10.0 Å². The summed E-state index contributed by atoms with van der Waals surface area (Å²) in [6.45, 7) is 3.68. The number of rotatable bonds is 5. The van der Waals surface area contributed by atoms with Crippen LogP contribution in [0.4, 0.5) is 0 Å². The van der Waals surface area contributed by atoms with Gasteiger partial charge in [-0.25, -0.2) is 8.42 Å². The highest BCUT2D eigenvalue weighted by Gasteiger charge is 2.27. The number of carbonyl (C=O) groups excluding carboxylic acids is 1. The molecular weight excluding hydrogens is 232 g/mol. The smallest absolute Gasteiger partial charge is 0.214 e. The first-order valence-corrected chi connectivity index (χ1v) is 7.08.